The summed E-state index contributed by atoms with van der Waals surface area (Å²) in [5.41, 5.74) is 2.45. The third kappa shape index (κ3) is 3.90. The van der Waals surface area contributed by atoms with Crippen LogP contribution in [0.4, 0.5) is 4.79 Å². The maximum Gasteiger partial charge on any atom is 0.328 e. The average molecular weight is 540 g/mol. The second-order valence-corrected chi connectivity index (χ2v) is 10.1. The van der Waals surface area contributed by atoms with Gasteiger partial charge in [0, 0.05) is 40.6 Å². The lowest BCUT2D eigenvalue weighted by Crippen LogP contribution is -2.53. The Morgan fingerprint density at radius 1 is 1.23 bits per heavy atom. The van der Waals surface area contributed by atoms with Gasteiger partial charge in [-0.2, -0.15) is 4.91 Å². The number of rotatable bonds is 8. The monoisotopic (exact) mass is 539 g/mol. The molecule has 10 heteroatoms. The molecule has 182 valence electrons. The number of nitroso groups, excluding NO2 is 1. The molecule has 2 aliphatic rings. The predicted molar refractivity (Wildman–Crippen MR) is 135 cm³/mol. The van der Waals surface area contributed by atoms with Gasteiger partial charge in [-0.3, -0.25) is 14.6 Å². The number of imide groups is 1. The summed E-state index contributed by atoms with van der Waals surface area (Å²) in [6.07, 6.45) is 0.955. The molecule has 2 aliphatic heterocycles. The SMILES string of the molecule is C[C@@]12Cc3c([nH]c4ccc(Br)cc34)[C@@H](c3cccc(O)c3)N1C(=O)N(CCCNCCN=O)C2=O. The van der Waals surface area contributed by atoms with Crippen LogP contribution >= 0.6 is 15.9 Å². The minimum absolute atomic E-state index is 0.0981. The zero-order valence-corrected chi connectivity index (χ0v) is 20.8. The molecule has 0 radical (unpaired) electrons. The summed E-state index contributed by atoms with van der Waals surface area (Å²) in [6, 6.07) is 11.9. The van der Waals surface area contributed by atoms with Crippen molar-refractivity contribution in [2.45, 2.75) is 31.3 Å². The van der Waals surface area contributed by atoms with Crippen LogP contribution < -0.4 is 5.32 Å². The highest BCUT2D eigenvalue weighted by atomic mass is 79.9. The number of urea groups is 1. The van der Waals surface area contributed by atoms with Crippen LogP contribution in [0.25, 0.3) is 10.9 Å². The molecule has 0 aliphatic carbocycles. The topological polar surface area (TPSA) is 118 Å². The molecule has 35 heavy (non-hydrogen) atoms. The average Bonchev–Trinajstić information content (AvgIpc) is 3.27. The van der Waals surface area contributed by atoms with Crippen molar-refractivity contribution in [2.24, 2.45) is 5.18 Å². The van der Waals surface area contributed by atoms with Crippen LogP contribution in [-0.2, 0) is 11.2 Å². The van der Waals surface area contributed by atoms with Crippen molar-refractivity contribution in [1.29, 1.82) is 0 Å². The summed E-state index contributed by atoms with van der Waals surface area (Å²) in [4.78, 5) is 44.2. The third-order valence-electron chi connectivity index (χ3n) is 6.93. The molecule has 5 rings (SSSR count). The summed E-state index contributed by atoms with van der Waals surface area (Å²) in [5.74, 6) is -0.127. The van der Waals surface area contributed by atoms with Crippen molar-refractivity contribution in [3.05, 3.63) is 68.7 Å². The zero-order valence-electron chi connectivity index (χ0n) is 19.3. The number of nitrogens with zero attached hydrogens (tertiary/aromatic N) is 3. The second-order valence-electron chi connectivity index (χ2n) is 9.22. The van der Waals surface area contributed by atoms with Crippen LogP contribution in [0.5, 0.6) is 5.75 Å². The van der Waals surface area contributed by atoms with E-state index < -0.39 is 11.6 Å². The van der Waals surface area contributed by atoms with Gasteiger partial charge in [-0.25, -0.2) is 4.79 Å². The molecule has 3 aromatic rings. The van der Waals surface area contributed by atoms with Gasteiger partial charge < -0.3 is 15.4 Å². The normalized spacial score (nSPS) is 21.5. The number of hydrogen-bond donors (Lipinski definition) is 3. The fourth-order valence-corrected chi connectivity index (χ4v) is 5.70. The van der Waals surface area contributed by atoms with E-state index in [1.54, 1.807) is 23.1 Å². The Hall–Kier alpha value is -3.24. The lowest BCUT2D eigenvalue weighted by atomic mass is 9.81. The lowest BCUT2D eigenvalue weighted by molar-refractivity contribution is -0.133. The van der Waals surface area contributed by atoms with Gasteiger partial charge >= 0.3 is 6.03 Å². The number of aromatic amines is 1. The van der Waals surface area contributed by atoms with Crippen molar-refractivity contribution in [3.63, 3.8) is 0 Å². The number of aromatic hydroxyl groups is 1. The van der Waals surface area contributed by atoms with Crippen LogP contribution in [0.3, 0.4) is 0 Å². The molecule has 3 heterocycles. The van der Waals surface area contributed by atoms with Gasteiger partial charge in [-0.1, -0.05) is 33.2 Å². The number of H-pyrrole nitrogens is 1. The standard InChI is InChI=1S/C25H26BrN5O4/c1-25-14-19-18-13-16(26)6-7-20(18)29-21(19)22(15-4-2-5-17(32)12-15)31(25)24(34)30(23(25)33)11-3-8-27-9-10-28-35/h2,4-7,12-13,22,27,29,32H,3,8-11,14H2,1H3/t22-,25+/m1/s1. The highest BCUT2D eigenvalue weighted by Crippen LogP contribution is 2.49. The molecule has 2 aromatic carbocycles. The molecule has 9 nitrogen and oxygen atoms in total. The number of aromatic nitrogens is 1. The summed E-state index contributed by atoms with van der Waals surface area (Å²) < 4.78 is 0.931. The molecule has 3 N–H and O–H groups in total. The lowest BCUT2D eigenvalue weighted by Gasteiger charge is -2.42. The number of hydrogen-bond acceptors (Lipinski definition) is 6. The van der Waals surface area contributed by atoms with Crippen molar-refractivity contribution in [3.8, 4) is 5.75 Å². The van der Waals surface area contributed by atoms with Crippen LogP contribution in [-0.4, -0.2) is 63.5 Å². The quantitative estimate of drug-likeness (QED) is 0.226. The van der Waals surface area contributed by atoms with Crippen LogP contribution in [0, 0.1) is 4.91 Å². The van der Waals surface area contributed by atoms with Crippen LogP contribution in [0.1, 0.15) is 36.2 Å². The van der Waals surface area contributed by atoms with E-state index in [-0.39, 0.29) is 30.8 Å². The first-order valence-corrected chi connectivity index (χ1v) is 12.4. The molecule has 0 spiro atoms. The molecule has 2 atom stereocenters. The molecular formula is C25H26BrN5O4. The fraction of sp³-hybridized carbons (Fsp3) is 0.360. The van der Waals surface area contributed by atoms with Gasteiger partial charge in [-0.15, -0.1) is 0 Å². The van der Waals surface area contributed by atoms with Gasteiger partial charge in [0.05, 0.1) is 6.54 Å². The number of carbonyl (C=O) groups excluding carboxylic acids is 2. The van der Waals surface area contributed by atoms with E-state index in [0.29, 0.717) is 25.9 Å². The van der Waals surface area contributed by atoms with Crippen LogP contribution in [0.15, 0.2) is 52.1 Å². The number of nitrogens with one attached hydrogen (secondary N) is 2. The van der Waals surface area contributed by atoms with Crippen molar-refractivity contribution >= 4 is 38.8 Å². The highest BCUT2D eigenvalue weighted by Gasteiger charge is 2.60. The number of halogens is 1. The summed E-state index contributed by atoms with van der Waals surface area (Å²) in [5, 5.41) is 17.1. The first-order chi connectivity index (χ1) is 16.8. The van der Waals surface area contributed by atoms with E-state index in [1.165, 1.54) is 4.90 Å². The molecule has 3 amide bonds. The minimum atomic E-state index is -1.06. The van der Waals surface area contributed by atoms with Gasteiger partial charge in [0.15, 0.2) is 0 Å². The summed E-state index contributed by atoms with van der Waals surface area (Å²) in [6.45, 7) is 3.32. The maximum absolute atomic E-state index is 13.7. The maximum atomic E-state index is 13.7. The fourth-order valence-electron chi connectivity index (χ4n) is 5.34. The number of fused-ring (bicyclic) bond motifs is 4. The number of phenolic OH excluding ortho intramolecular Hbond substituents is 1. The van der Waals surface area contributed by atoms with Gasteiger partial charge in [0.1, 0.15) is 17.3 Å². The molecule has 1 aromatic heterocycles. The molecule has 0 unspecified atom stereocenters. The van der Waals surface area contributed by atoms with Crippen molar-refractivity contribution in [2.75, 3.05) is 26.2 Å². The number of carbonyl (C=O) groups is 2. The Balaban J connectivity index is 1.55. The van der Waals surface area contributed by atoms with Gasteiger partial charge in [0.25, 0.3) is 5.91 Å². The summed E-state index contributed by atoms with van der Waals surface area (Å²) >= 11 is 3.55. The first-order valence-electron chi connectivity index (χ1n) is 11.6. The van der Waals surface area contributed by atoms with E-state index in [0.717, 1.165) is 32.2 Å². The molecule has 1 fully saturated rings. The van der Waals surface area contributed by atoms with Gasteiger partial charge in [0.2, 0.25) is 0 Å². The Bertz CT molecular complexity index is 1320. The second kappa shape index (κ2) is 9.09. The van der Waals surface area contributed by atoms with Crippen molar-refractivity contribution < 1.29 is 14.7 Å². The summed E-state index contributed by atoms with van der Waals surface area (Å²) in [7, 11) is 0. The van der Waals surface area contributed by atoms with E-state index >= 15 is 0 Å². The Morgan fingerprint density at radius 3 is 2.83 bits per heavy atom. The molecule has 0 bridgehead atoms. The first kappa shape index (κ1) is 23.5. The highest BCUT2D eigenvalue weighted by molar-refractivity contribution is 9.10. The predicted octanol–water partition coefficient (Wildman–Crippen LogP) is 4.05. The Labute approximate surface area is 210 Å². The molecule has 1 saturated heterocycles. The van der Waals surface area contributed by atoms with E-state index in [4.69, 9.17) is 0 Å². The third-order valence-corrected chi connectivity index (χ3v) is 7.42. The number of amides is 3. The minimum Gasteiger partial charge on any atom is -0.508 e. The Morgan fingerprint density at radius 2 is 2.06 bits per heavy atom. The zero-order chi connectivity index (χ0) is 24.7. The van der Waals surface area contributed by atoms with Crippen LogP contribution in [0.2, 0.25) is 0 Å². The Kier molecular flexibility index (Phi) is 6.10. The number of phenols is 1. The van der Waals surface area contributed by atoms with Crippen molar-refractivity contribution in [1.82, 2.24) is 20.1 Å². The van der Waals surface area contributed by atoms with Gasteiger partial charge in [-0.05, 0) is 61.3 Å². The smallest absolute Gasteiger partial charge is 0.328 e. The molecular weight excluding hydrogens is 514 g/mol. The largest absolute Gasteiger partial charge is 0.508 e. The van der Waals surface area contributed by atoms with E-state index in [9.17, 15) is 19.6 Å². The number of benzene rings is 2. The van der Waals surface area contributed by atoms with E-state index in [2.05, 4.69) is 31.4 Å². The molecule has 0 saturated carbocycles. The van der Waals surface area contributed by atoms with E-state index in [1.807, 2.05) is 31.2 Å².